The predicted octanol–water partition coefficient (Wildman–Crippen LogP) is -0.0574. The van der Waals surface area contributed by atoms with E-state index < -0.39 is 28.2 Å². The molecular formula is C10H13NO5S. The van der Waals surface area contributed by atoms with Gasteiger partial charge in [0.25, 0.3) is 0 Å². The second-order valence-corrected chi connectivity index (χ2v) is 5.42. The van der Waals surface area contributed by atoms with Crippen LogP contribution in [0.1, 0.15) is 16.1 Å². The number of pyridine rings is 1. The van der Waals surface area contributed by atoms with Crippen LogP contribution in [0, 0.1) is 6.92 Å². The highest BCUT2D eigenvalue weighted by Gasteiger charge is 2.19. The number of aromatic nitrogens is 1. The maximum absolute atomic E-state index is 11.8. The van der Waals surface area contributed by atoms with Crippen molar-refractivity contribution >= 4 is 15.8 Å². The lowest BCUT2D eigenvalue weighted by molar-refractivity contribution is 0.0600. The molecule has 0 unspecified atom stereocenters. The van der Waals surface area contributed by atoms with E-state index in [0.717, 1.165) is 0 Å². The standard InChI is InChI=1S/C10H13NO5S/c1-7-9(17(14,15)4-3-12)5-8(6-11-7)10(13)16-2/h5-6,12H,3-4H2,1-2H3. The highest BCUT2D eigenvalue weighted by atomic mass is 32.2. The van der Waals surface area contributed by atoms with Crippen LogP contribution in [0.25, 0.3) is 0 Å². The van der Waals surface area contributed by atoms with Gasteiger partial charge in [-0.2, -0.15) is 0 Å². The summed E-state index contributed by atoms with van der Waals surface area (Å²) in [4.78, 5) is 15.0. The number of nitrogens with zero attached hydrogens (tertiary/aromatic N) is 1. The third-order valence-electron chi connectivity index (χ3n) is 2.16. The molecule has 0 aliphatic rings. The third-order valence-corrected chi connectivity index (χ3v) is 3.96. The third kappa shape index (κ3) is 3.01. The fraction of sp³-hybridized carbons (Fsp3) is 0.400. The fourth-order valence-corrected chi connectivity index (χ4v) is 2.56. The number of esters is 1. The molecule has 0 amide bonds. The summed E-state index contributed by atoms with van der Waals surface area (Å²) in [7, 11) is -2.43. The van der Waals surface area contributed by atoms with E-state index >= 15 is 0 Å². The van der Waals surface area contributed by atoms with Crippen LogP contribution in [0.3, 0.4) is 0 Å². The first-order valence-corrected chi connectivity index (χ1v) is 6.46. The van der Waals surface area contributed by atoms with Gasteiger partial charge in [0.05, 0.1) is 35.6 Å². The van der Waals surface area contributed by atoms with E-state index in [1.165, 1.54) is 26.3 Å². The molecule has 0 aliphatic heterocycles. The molecule has 0 radical (unpaired) electrons. The number of ether oxygens (including phenoxy) is 1. The summed E-state index contributed by atoms with van der Waals surface area (Å²) >= 11 is 0. The van der Waals surface area contributed by atoms with E-state index in [2.05, 4.69) is 9.72 Å². The van der Waals surface area contributed by atoms with Crippen LogP contribution in [0.15, 0.2) is 17.2 Å². The number of aliphatic hydroxyl groups excluding tert-OH is 1. The minimum absolute atomic E-state index is 0.0607. The van der Waals surface area contributed by atoms with Crippen molar-refractivity contribution in [1.82, 2.24) is 4.98 Å². The van der Waals surface area contributed by atoms with Gasteiger partial charge in [0.2, 0.25) is 0 Å². The summed E-state index contributed by atoms with van der Waals surface area (Å²) in [5.74, 6) is -1.06. The Bertz CT molecular complexity index is 523. The number of carbonyl (C=O) groups is 1. The van der Waals surface area contributed by atoms with E-state index in [9.17, 15) is 13.2 Å². The maximum Gasteiger partial charge on any atom is 0.339 e. The van der Waals surface area contributed by atoms with Crippen LogP contribution in [0.2, 0.25) is 0 Å². The summed E-state index contributed by atoms with van der Waals surface area (Å²) in [6, 6.07) is 1.21. The highest BCUT2D eigenvalue weighted by Crippen LogP contribution is 2.16. The van der Waals surface area contributed by atoms with Gasteiger partial charge in [0.15, 0.2) is 9.84 Å². The first-order chi connectivity index (χ1) is 7.92. The van der Waals surface area contributed by atoms with Gasteiger partial charge in [0.1, 0.15) is 0 Å². The Labute approximate surface area is 99.2 Å². The number of methoxy groups -OCH3 is 1. The first-order valence-electron chi connectivity index (χ1n) is 4.81. The van der Waals surface area contributed by atoms with Crippen molar-refractivity contribution in [3.63, 3.8) is 0 Å². The second kappa shape index (κ2) is 5.24. The molecule has 0 fully saturated rings. The second-order valence-electron chi connectivity index (χ2n) is 3.34. The molecule has 0 spiro atoms. The number of hydrogen-bond donors (Lipinski definition) is 1. The topological polar surface area (TPSA) is 93.6 Å². The summed E-state index contributed by atoms with van der Waals surface area (Å²) in [6.45, 7) is 1.04. The molecule has 94 valence electrons. The number of carbonyl (C=O) groups excluding carboxylic acids is 1. The quantitative estimate of drug-likeness (QED) is 0.761. The molecule has 0 aromatic carbocycles. The van der Waals surface area contributed by atoms with Gasteiger partial charge < -0.3 is 9.84 Å². The van der Waals surface area contributed by atoms with Crippen molar-refractivity contribution < 1.29 is 23.1 Å². The minimum Gasteiger partial charge on any atom is -0.465 e. The SMILES string of the molecule is COC(=O)c1cnc(C)c(S(=O)(=O)CCO)c1. The molecule has 1 N–H and O–H groups in total. The van der Waals surface area contributed by atoms with Crippen molar-refractivity contribution in [3.05, 3.63) is 23.5 Å². The zero-order valence-electron chi connectivity index (χ0n) is 9.50. The van der Waals surface area contributed by atoms with E-state index in [4.69, 9.17) is 5.11 Å². The summed E-state index contributed by atoms with van der Waals surface area (Å²) in [6.07, 6.45) is 1.25. The van der Waals surface area contributed by atoms with Gasteiger partial charge in [-0.15, -0.1) is 0 Å². The smallest absolute Gasteiger partial charge is 0.339 e. The lowest BCUT2D eigenvalue weighted by Gasteiger charge is -2.07. The zero-order valence-corrected chi connectivity index (χ0v) is 10.3. The molecule has 0 saturated carbocycles. The number of aliphatic hydroxyl groups is 1. The Balaban J connectivity index is 3.29. The van der Waals surface area contributed by atoms with Crippen molar-refractivity contribution in [2.24, 2.45) is 0 Å². The van der Waals surface area contributed by atoms with Gasteiger partial charge >= 0.3 is 5.97 Å². The molecule has 1 rings (SSSR count). The Morgan fingerprint density at radius 2 is 2.18 bits per heavy atom. The Hall–Kier alpha value is -1.47. The van der Waals surface area contributed by atoms with E-state index in [0.29, 0.717) is 0 Å². The molecule has 1 aromatic heterocycles. The Morgan fingerprint density at radius 3 is 2.71 bits per heavy atom. The van der Waals surface area contributed by atoms with Crippen molar-refractivity contribution in [3.8, 4) is 0 Å². The monoisotopic (exact) mass is 259 g/mol. The Morgan fingerprint density at radius 1 is 1.53 bits per heavy atom. The van der Waals surface area contributed by atoms with Crippen molar-refractivity contribution in [2.75, 3.05) is 19.5 Å². The molecule has 1 heterocycles. The number of aryl methyl sites for hydroxylation is 1. The van der Waals surface area contributed by atoms with Gasteiger partial charge in [-0.3, -0.25) is 4.98 Å². The summed E-state index contributed by atoms with van der Waals surface area (Å²) in [5, 5.41) is 8.69. The van der Waals surface area contributed by atoms with Crippen LogP contribution in [0.5, 0.6) is 0 Å². The van der Waals surface area contributed by atoms with E-state index in [1.54, 1.807) is 0 Å². The zero-order chi connectivity index (χ0) is 13.1. The van der Waals surface area contributed by atoms with Crippen LogP contribution >= 0.6 is 0 Å². The molecule has 0 atom stereocenters. The molecule has 0 aliphatic carbocycles. The number of rotatable bonds is 4. The lowest BCUT2D eigenvalue weighted by atomic mass is 10.2. The molecule has 0 saturated heterocycles. The van der Waals surface area contributed by atoms with Gasteiger partial charge in [0, 0.05) is 6.20 Å². The molecule has 0 bridgehead atoms. The molecule has 7 heteroatoms. The highest BCUT2D eigenvalue weighted by molar-refractivity contribution is 7.91. The number of sulfone groups is 1. The molecule has 6 nitrogen and oxygen atoms in total. The summed E-state index contributed by atoms with van der Waals surface area (Å²) in [5.41, 5.74) is 0.348. The molecule has 1 aromatic rings. The Kier molecular flexibility index (Phi) is 4.19. The average molecular weight is 259 g/mol. The van der Waals surface area contributed by atoms with Crippen LogP contribution in [-0.2, 0) is 14.6 Å². The first kappa shape index (κ1) is 13.6. The van der Waals surface area contributed by atoms with Crippen LogP contribution < -0.4 is 0 Å². The molecule has 17 heavy (non-hydrogen) atoms. The normalized spacial score (nSPS) is 11.2. The maximum atomic E-state index is 11.8. The van der Waals surface area contributed by atoms with Gasteiger partial charge in [-0.05, 0) is 13.0 Å². The summed E-state index contributed by atoms with van der Waals surface area (Å²) < 4.78 is 28.0. The number of hydrogen-bond acceptors (Lipinski definition) is 6. The largest absolute Gasteiger partial charge is 0.465 e. The lowest BCUT2D eigenvalue weighted by Crippen LogP contribution is -2.14. The predicted molar refractivity (Wildman–Crippen MR) is 59.5 cm³/mol. The van der Waals surface area contributed by atoms with E-state index in [1.807, 2.05) is 0 Å². The van der Waals surface area contributed by atoms with Gasteiger partial charge in [-0.25, -0.2) is 13.2 Å². The van der Waals surface area contributed by atoms with Gasteiger partial charge in [-0.1, -0.05) is 0 Å². The average Bonchev–Trinajstić information content (AvgIpc) is 2.28. The molecular weight excluding hydrogens is 246 g/mol. The van der Waals surface area contributed by atoms with E-state index in [-0.39, 0.29) is 16.2 Å². The van der Waals surface area contributed by atoms with Crippen molar-refractivity contribution in [1.29, 1.82) is 0 Å². The van der Waals surface area contributed by atoms with Crippen molar-refractivity contribution in [2.45, 2.75) is 11.8 Å². The van der Waals surface area contributed by atoms with Crippen LogP contribution in [0.4, 0.5) is 0 Å². The van der Waals surface area contributed by atoms with Crippen LogP contribution in [-0.4, -0.2) is 43.9 Å². The minimum atomic E-state index is -3.63. The fourth-order valence-electron chi connectivity index (χ4n) is 1.29.